The first-order valence-electron chi connectivity index (χ1n) is 10.9. The Kier molecular flexibility index (Phi) is 6.38. The number of carbonyl (C=O) groups is 1. The third kappa shape index (κ3) is 4.85. The number of nitrogens with zero attached hydrogens (tertiary/aromatic N) is 2. The Hall–Kier alpha value is -2.79. The highest BCUT2D eigenvalue weighted by Crippen LogP contribution is 2.26. The van der Waals surface area contributed by atoms with Gasteiger partial charge in [0.15, 0.2) is 5.78 Å². The van der Waals surface area contributed by atoms with Gasteiger partial charge in [0.05, 0.1) is 11.6 Å². The molecule has 2 aromatic carbocycles. The average Bonchev–Trinajstić information content (AvgIpc) is 2.79. The van der Waals surface area contributed by atoms with Crippen LogP contribution >= 0.6 is 0 Å². The first kappa shape index (κ1) is 20.5. The Labute approximate surface area is 177 Å². The Morgan fingerprint density at radius 2 is 1.90 bits per heavy atom. The molecule has 0 bridgehead atoms. The molecule has 2 N–H and O–H groups in total. The summed E-state index contributed by atoms with van der Waals surface area (Å²) >= 11 is 0. The van der Waals surface area contributed by atoms with E-state index < -0.39 is 0 Å². The van der Waals surface area contributed by atoms with Crippen LogP contribution in [0.3, 0.4) is 0 Å². The fourth-order valence-electron chi connectivity index (χ4n) is 4.23. The van der Waals surface area contributed by atoms with Gasteiger partial charge < -0.3 is 10.4 Å². The number of fused-ring (bicyclic) bond motifs is 1. The quantitative estimate of drug-likeness (QED) is 0.536. The Morgan fingerprint density at radius 1 is 1.13 bits per heavy atom. The molecule has 4 rings (SSSR count). The smallest absolute Gasteiger partial charge is 0.223 e. The predicted molar refractivity (Wildman–Crippen MR) is 120 cm³/mol. The van der Waals surface area contributed by atoms with E-state index in [1.807, 2.05) is 36.4 Å². The largest absolute Gasteiger partial charge is 0.393 e. The zero-order chi connectivity index (χ0) is 20.9. The fraction of sp³-hybridized carbons (Fsp3) is 0.400. The molecule has 30 heavy (non-hydrogen) atoms. The summed E-state index contributed by atoms with van der Waals surface area (Å²) in [7, 11) is 0. The number of aliphatic hydroxyl groups is 1. The van der Waals surface area contributed by atoms with Crippen molar-refractivity contribution in [2.75, 3.05) is 5.32 Å². The van der Waals surface area contributed by atoms with Crippen LogP contribution in [-0.4, -0.2) is 33.0 Å². The van der Waals surface area contributed by atoms with E-state index in [-0.39, 0.29) is 23.8 Å². The summed E-state index contributed by atoms with van der Waals surface area (Å²) in [5, 5.41) is 14.0. The van der Waals surface area contributed by atoms with E-state index in [2.05, 4.69) is 34.3 Å². The van der Waals surface area contributed by atoms with Crippen molar-refractivity contribution in [3.63, 3.8) is 0 Å². The summed E-state index contributed by atoms with van der Waals surface area (Å²) < 4.78 is 0. The lowest BCUT2D eigenvalue weighted by Gasteiger charge is -2.26. The molecule has 0 radical (unpaired) electrons. The van der Waals surface area contributed by atoms with E-state index in [1.165, 1.54) is 5.56 Å². The fourth-order valence-corrected chi connectivity index (χ4v) is 4.23. The van der Waals surface area contributed by atoms with Gasteiger partial charge in [-0.25, -0.2) is 9.97 Å². The number of aliphatic hydroxyl groups excluding tert-OH is 1. The van der Waals surface area contributed by atoms with Crippen LogP contribution in [0.4, 0.5) is 5.95 Å². The standard InChI is InChI=1S/C25H29N3O2/c1-2-17(18-6-4-3-5-7-18)15-24(30)19-8-9-20-16-26-25(28-23(20)14-19)27-21-10-12-22(29)13-11-21/h3-9,14,16-17,21-22,29H,2,10-13,15H2,1H3,(H,26,27,28). The van der Waals surface area contributed by atoms with Crippen molar-refractivity contribution < 1.29 is 9.90 Å². The summed E-state index contributed by atoms with van der Waals surface area (Å²) in [5.74, 6) is 0.949. The van der Waals surface area contributed by atoms with Crippen molar-refractivity contribution >= 4 is 22.6 Å². The summed E-state index contributed by atoms with van der Waals surface area (Å²) in [6, 6.07) is 16.2. The average molecular weight is 404 g/mol. The lowest BCUT2D eigenvalue weighted by atomic mass is 9.89. The van der Waals surface area contributed by atoms with Gasteiger partial charge in [-0.05, 0) is 49.7 Å². The number of aromatic nitrogens is 2. The molecule has 3 aromatic rings. The molecule has 1 aromatic heterocycles. The second kappa shape index (κ2) is 9.35. The number of hydrogen-bond donors (Lipinski definition) is 2. The van der Waals surface area contributed by atoms with Gasteiger partial charge in [0.1, 0.15) is 0 Å². The van der Waals surface area contributed by atoms with Crippen molar-refractivity contribution in [3.05, 3.63) is 65.9 Å². The molecule has 1 aliphatic carbocycles. The molecule has 5 nitrogen and oxygen atoms in total. The highest BCUT2D eigenvalue weighted by Gasteiger charge is 2.20. The van der Waals surface area contributed by atoms with Gasteiger partial charge in [-0.15, -0.1) is 0 Å². The van der Waals surface area contributed by atoms with Gasteiger partial charge in [0, 0.05) is 29.6 Å². The number of anilines is 1. The predicted octanol–water partition coefficient (Wildman–Crippen LogP) is 5.11. The number of carbonyl (C=O) groups excluding carboxylic acids is 1. The molecule has 1 unspecified atom stereocenters. The van der Waals surface area contributed by atoms with Crippen molar-refractivity contribution in [2.24, 2.45) is 0 Å². The molecule has 1 fully saturated rings. The minimum Gasteiger partial charge on any atom is -0.393 e. The third-order valence-corrected chi connectivity index (χ3v) is 6.13. The Bertz CT molecular complexity index is 998. The summed E-state index contributed by atoms with van der Waals surface area (Å²) in [5.41, 5.74) is 2.69. The first-order valence-corrected chi connectivity index (χ1v) is 10.9. The van der Waals surface area contributed by atoms with Gasteiger partial charge in [0.25, 0.3) is 0 Å². The molecule has 1 aliphatic rings. The maximum absolute atomic E-state index is 13.0. The van der Waals surface area contributed by atoms with Crippen molar-refractivity contribution in [3.8, 4) is 0 Å². The highest BCUT2D eigenvalue weighted by molar-refractivity contribution is 5.99. The molecule has 0 aliphatic heterocycles. The van der Waals surface area contributed by atoms with Crippen LogP contribution in [-0.2, 0) is 0 Å². The number of ketones is 1. The molecule has 0 saturated heterocycles. The van der Waals surface area contributed by atoms with Crippen molar-refractivity contribution in [1.82, 2.24) is 9.97 Å². The van der Waals surface area contributed by atoms with E-state index in [0.29, 0.717) is 17.9 Å². The van der Waals surface area contributed by atoms with Crippen LogP contribution in [0.2, 0.25) is 0 Å². The van der Waals surface area contributed by atoms with E-state index in [4.69, 9.17) is 0 Å². The lowest BCUT2D eigenvalue weighted by molar-refractivity contribution is 0.0973. The SMILES string of the molecule is CCC(CC(=O)c1ccc2cnc(NC3CCC(O)CC3)nc2c1)c1ccccc1. The van der Waals surface area contributed by atoms with Crippen LogP contribution in [0.25, 0.3) is 10.9 Å². The maximum atomic E-state index is 13.0. The van der Waals surface area contributed by atoms with E-state index >= 15 is 0 Å². The monoisotopic (exact) mass is 403 g/mol. The zero-order valence-electron chi connectivity index (χ0n) is 17.4. The van der Waals surface area contributed by atoms with E-state index in [1.54, 1.807) is 6.20 Å². The highest BCUT2D eigenvalue weighted by atomic mass is 16.3. The molecule has 1 saturated carbocycles. The number of benzene rings is 2. The molecule has 0 spiro atoms. The van der Waals surface area contributed by atoms with Crippen molar-refractivity contribution in [1.29, 1.82) is 0 Å². The van der Waals surface area contributed by atoms with E-state index in [0.717, 1.165) is 43.0 Å². The van der Waals surface area contributed by atoms with Crippen molar-refractivity contribution in [2.45, 2.75) is 63.5 Å². The summed E-state index contributed by atoms with van der Waals surface area (Å²) in [6.07, 6.45) is 6.49. The third-order valence-electron chi connectivity index (χ3n) is 6.13. The second-order valence-electron chi connectivity index (χ2n) is 8.26. The topological polar surface area (TPSA) is 75.1 Å². The van der Waals surface area contributed by atoms with Crippen LogP contribution in [0, 0.1) is 0 Å². The van der Waals surface area contributed by atoms with Crippen LogP contribution in [0.1, 0.15) is 67.3 Å². The number of hydrogen-bond acceptors (Lipinski definition) is 5. The normalized spacial score (nSPS) is 20.1. The Morgan fingerprint density at radius 3 is 2.63 bits per heavy atom. The lowest BCUT2D eigenvalue weighted by Crippen LogP contribution is -2.28. The van der Waals surface area contributed by atoms with Gasteiger partial charge in [-0.3, -0.25) is 4.79 Å². The van der Waals surface area contributed by atoms with E-state index in [9.17, 15) is 9.90 Å². The summed E-state index contributed by atoms with van der Waals surface area (Å²) in [6.45, 7) is 2.13. The molecule has 156 valence electrons. The molecule has 0 amide bonds. The minimum absolute atomic E-state index is 0.141. The number of Topliss-reactive ketones (excluding diaryl/α,β-unsaturated/α-hetero) is 1. The maximum Gasteiger partial charge on any atom is 0.223 e. The first-order chi connectivity index (χ1) is 14.6. The van der Waals surface area contributed by atoms with Gasteiger partial charge in [0.2, 0.25) is 5.95 Å². The molecular formula is C25H29N3O2. The summed E-state index contributed by atoms with van der Waals surface area (Å²) in [4.78, 5) is 22.1. The van der Waals surface area contributed by atoms with Gasteiger partial charge >= 0.3 is 0 Å². The van der Waals surface area contributed by atoms with Gasteiger partial charge in [-0.2, -0.15) is 0 Å². The molecule has 1 heterocycles. The van der Waals surface area contributed by atoms with Gasteiger partial charge in [-0.1, -0.05) is 49.4 Å². The molecule has 5 heteroatoms. The number of nitrogens with one attached hydrogen (secondary N) is 1. The molecular weight excluding hydrogens is 374 g/mol. The van der Waals surface area contributed by atoms with Crippen LogP contribution in [0.5, 0.6) is 0 Å². The van der Waals surface area contributed by atoms with Crippen LogP contribution < -0.4 is 5.32 Å². The second-order valence-corrected chi connectivity index (χ2v) is 8.26. The Balaban J connectivity index is 1.49. The molecule has 1 atom stereocenters. The van der Waals surface area contributed by atoms with Crippen LogP contribution in [0.15, 0.2) is 54.7 Å². The minimum atomic E-state index is -0.183. The number of rotatable bonds is 7. The zero-order valence-corrected chi connectivity index (χ0v) is 17.4.